The predicted molar refractivity (Wildman–Crippen MR) is 115 cm³/mol. The van der Waals surface area contributed by atoms with Crippen molar-refractivity contribution in [2.24, 2.45) is 0 Å². The second-order valence-corrected chi connectivity index (χ2v) is 9.26. The van der Waals surface area contributed by atoms with Crippen molar-refractivity contribution >= 4 is 44.7 Å². The summed E-state index contributed by atoms with van der Waals surface area (Å²) in [6, 6.07) is 4.66. The number of benzene rings is 1. The Kier molecular flexibility index (Phi) is 6.99. The van der Waals surface area contributed by atoms with Crippen LogP contribution in [0.5, 0.6) is 0 Å². The number of aryl methyl sites for hydroxylation is 1. The molecule has 3 rings (SSSR count). The molecule has 0 radical (unpaired) electrons. The number of alkyl halides is 3. The lowest BCUT2D eigenvalue weighted by Crippen LogP contribution is -2.19. The van der Waals surface area contributed by atoms with Crippen LogP contribution in [0.2, 0.25) is 10.0 Å². The summed E-state index contributed by atoms with van der Waals surface area (Å²) in [6.07, 6.45) is -2.41. The number of anilines is 1. The molecule has 2 N–H and O–H groups in total. The Bertz CT molecular complexity index is 1350. The van der Waals surface area contributed by atoms with Gasteiger partial charge >= 0.3 is 6.18 Å². The Morgan fingerprint density at radius 3 is 2.48 bits per heavy atom. The van der Waals surface area contributed by atoms with Gasteiger partial charge in [-0.05, 0) is 42.8 Å². The second-order valence-electron chi connectivity index (χ2n) is 6.73. The minimum atomic E-state index is -4.89. The molecule has 0 saturated heterocycles. The summed E-state index contributed by atoms with van der Waals surface area (Å²) < 4.78 is 67.3. The average Bonchev–Trinajstić information content (AvgIpc) is 2.72. The van der Waals surface area contributed by atoms with Gasteiger partial charge in [-0.3, -0.25) is 14.5 Å². The number of aliphatic hydroxyl groups excluding tert-OH is 1. The van der Waals surface area contributed by atoms with E-state index in [1.807, 2.05) is 0 Å². The van der Waals surface area contributed by atoms with Crippen LogP contribution in [-0.4, -0.2) is 29.3 Å². The Morgan fingerprint density at radius 1 is 1.15 bits per heavy atom. The maximum Gasteiger partial charge on any atom is 0.417 e. The van der Waals surface area contributed by atoms with Crippen LogP contribution in [0.1, 0.15) is 32.9 Å². The molecule has 0 amide bonds. The third-order valence-corrected chi connectivity index (χ3v) is 6.38. The first-order chi connectivity index (χ1) is 15.3. The number of carbonyl (C=O) groups excluding carboxylic acids is 1. The Balaban J connectivity index is 2.10. The van der Waals surface area contributed by atoms with Crippen molar-refractivity contribution in [1.82, 2.24) is 9.97 Å². The Hall–Kier alpha value is -2.73. The zero-order valence-corrected chi connectivity index (χ0v) is 18.9. The van der Waals surface area contributed by atoms with Crippen molar-refractivity contribution in [3.8, 4) is 0 Å². The standard InChI is InChI=1S/C20H14Cl2F3N3O4S/c1-10-4-5-26-16(9-29)17(10)19(30)18-15(6-11(21)8-27-18)28-33(31,32)12-2-3-14(22)13(7-12)20(23,24)25/h2-8,28-29H,9H2,1H3. The minimum Gasteiger partial charge on any atom is -0.390 e. The summed E-state index contributed by atoms with van der Waals surface area (Å²) in [6.45, 7) is 1.02. The molecule has 2 heterocycles. The summed E-state index contributed by atoms with van der Waals surface area (Å²) in [7, 11) is -4.62. The van der Waals surface area contributed by atoms with Crippen LogP contribution in [0.3, 0.4) is 0 Å². The number of nitrogens with one attached hydrogen (secondary N) is 1. The summed E-state index contributed by atoms with van der Waals surface area (Å²) in [5, 5.41) is 8.82. The number of sulfonamides is 1. The number of rotatable bonds is 6. The molecule has 0 fully saturated rings. The smallest absolute Gasteiger partial charge is 0.390 e. The molecule has 0 spiro atoms. The highest BCUT2D eigenvalue weighted by molar-refractivity contribution is 7.92. The molecule has 0 unspecified atom stereocenters. The molecule has 7 nitrogen and oxygen atoms in total. The van der Waals surface area contributed by atoms with Gasteiger partial charge in [-0.2, -0.15) is 13.2 Å². The van der Waals surface area contributed by atoms with Gasteiger partial charge in [-0.25, -0.2) is 13.4 Å². The third kappa shape index (κ3) is 5.27. The number of aromatic nitrogens is 2. The summed E-state index contributed by atoms with van der Waals surface area (Å²) in [5.41, 5.74) is -1.62. The van der Waals surface area contributed by atoms with Crippen molar-refractivity contribution in [3.63, 3.8) is 0 Å². The van der Waals surface area contributed by atoms with E-state index in [0.717, 1.165) is 24.4 Å². The maximum absolute atomic E-state index is 13.2. The van der Waals surface area contributed by atoms with Crippen LogP contribution >= 0.6 is 23.2 Å². The van der Waals surface area contributed by atoms with Gasteiger partial charge in [-0.1, -0.05) is 23.2 Å². The lowest BCUT2D eigenvalue weighted by atomic mass is 10.00. The summed E-state index contributed by atoms with van der Waals surface area (Å²) in [5.74, 6) is -0.772. The lowest BCUT2D eigenvalue weighted by Gasteiger charge is -2.15. The number of halogens is 5. The van der Waals surface area contributed by atoms with E-state index in [-0.39, 0.29) is 22.0 Å². The monoisotopic (exact) mass is 519 g/mol. The van der Waals surface area contributed by atoms with E-state index in [2.05, 4.69) is 14.7 Å². The third-order valence-electron chi connectivity index (χ3n) is 4.48. The first-order valence-corrected chi connectivity index (χ1v) is 11.2. The zero-order valence-electron chi connectivity index (χ0n) is 16.6. The first-order valence-electron chi connectivity index (χ1n) is 9.00. The molecule has 174 valence electrons. The van der Waals surface area contributed by atoms with E-state index < -0.39 is 49.8 Å². The number of hydrogen-bond donors (Lipinski definition) is 2. The molecule has 0 aliphatic heterocycles. The van der Waals surface area contributed by atoms with Crippen LogP contribution in [0, 0.1) is 6.92 Å². The summed E-state index contributed by atoms with van der Waals surface area (Å²) >= 11 is 11.5. The van der Waals surface area contributed by atoms with Gasteiger partial charge in [0.1, 0.15) is 5.69 Å². The van der Waals surface area contributed by atoms with Gasteiger partial charge in [-0.15, -0.1) is 0 Å². The largest absolute Gasteiger partial charge is 0.417 e. The van der Waals surface area contributed by atoms with Crippen LogP contribution in [0.15, 0.2) is 47.6 Å². The van der Waals surface area contributed by atoms with E-state index in [0.29, 0.717) is 11.6 Å². The molecule has 2 aromatic heterocycles. The normalized spacial score (nSPS) is 12.0. The van der Waals surface area contributed by atoms with E-state index >= 15 is 0 Å². The van der Waals surface area contributed by atoms with Gasteiger partial charge in [0, 0.05) is 12.4 Å². The molecule has 0 aliphatic carbocycles. The number of ketones is 1. The molecular formula is C20H14Cl2F3N3O4S. The van der Waals surface area contributed by atoms with E-state index in [9.17, 15) is 31.5 Å². The topological polar surface area (TPSA) is 109 Å². The van der Waals surface area contributed by atoms with Gasteiger partial charge in [0.05, 0.1) is 44.1 Å². The van der Waals surface area contributed by atoms with Gasteiger partial charge in [0.25, 0.3) is 10.0 Å². The van der Waals surface area contributed by atoms with E-state index in [1.54, 1.807) is 6.92 Å². The molecule has 0 atom stereocenters. The highest BCUT2D eigenvalue weighted by Gasteiger charge is 2.35. The zero-order chi connectivity index (χ0) is 24.6. The van der Waals surface area contributed by atoms with Crippen molar-refractivity contribution < 1.29 is 31.5 Å². The quantitative estimate of drug-likeness (QED) is 0.459. The lowest BCUT2D eigenvalue weighted by molar-refractivity contribution is -0.137. The molecular weight excluding hydrogens is 506 g/mol. The fourth-order valence-corrected chi connectivity index (χ4v) is 4.42. The van der Waals surface area contributed by atoms with Crippen LogP contribution in [-0.2, 0) is 22.8 Å². The molecule has 0 bridgehead atoms. The van der Waals surface area contributed by atoms with Crippen LogP contribution in [0.25, 0.3) is 0 Å². The fraction of sp³-hybridized carbons (Fsp3) is 0.150. The molecule has 1 aromatic carbocycles. The number of aliphatic hydroxyl groups is 1. The molecule has 3 aromatic rings. The van der Waals surface area contributed by atoms with Gasteiger partial charge < -0.3 is 5.11 Å². The predicted octanol–water partition coefficient (Wildman–Crippen LogP) is 4.63. The number of hydrogen-bond acceptors (Lipinski definition) is 6. The fourth-order valence-electron chi connectivity index (χ4n) is 2.95. The van der Waals surface area contributed by atoms with E-state index in [4.69, 9.17) is 23.2 Å². The summed E-state index contributed by atoms with van der Waals surface area (Å²) in [4.78, 5) is 20.3. The van der Waals surface area contributed by atoms with Crippen LogP contribution < -0.4 is 4.72 Å². The maximum atomic E-state index is 13.2. The Morgan fingerprint density at radius 2 is 1.85 bits per heavy atom. The molecule has 33 heavy (non-hydrogen) atoms. The molecule has 13 heteroatoms. The molecule has 0 saturated carbocycles. The number of carbonyl (C=O) groups is 1. The SMILES string of the molecule is Cc1ccnc(CO)c1C(=O)c1ncc(Cl)cc1NS(=O)(=O)c1ccc(Cl)c(C(F)(F)F)c1. The average molecular weight is 520 g/mol. The number of nitrogens with zero attached hydrogens (tertiary/aromatic N) is 2. The first kappa shape index (κ1) is 24.9. The van der Waals surface area contributed by atoms with Gasteiger partial charge in [0.2, 0.25) is 5.78 Å². The minimum absolute atomic E-state index is 0.00104. The van der Waals surface area contributed by atoms with Crippen molar-refractivity contribution in [1.29, 1.82) is 0 Å². The van der Waals surface area contributed by atoms with Crippen molar-refractivity contribution in [3.05, 3.63) is 80.8 Å². The highest BCUT2D eigenvalue weighted by Crippen LogP contribution is 2.36. The van der Waals surface area contributed by atoms with E-state index in [1.165, 1.54) is 12.3 Å². The highest BCUT2D eigenvalue weighted by atomic mass is 35.5. The van der Waals surface area contributed by atoms with Crippen LogP contribution in [0.4, 0.5) is 18.9 Å². The van der Waals surface area contributed by atoms with Crippen molar-refractivity contribution in [2.75, 3.05) is 4.72 Å². The number of pyridine rings is 2. The van der Waals surface area contributed by atoms with Crippen molar-refractivity contribution in [2.45, 2.75) is 24.6 Å². The molecule has 0 aliphatic rings. The second kappa shape index (κ2) is 9.26. The van der Waals surface area contributed by atoms with Gasteiger partial charge in [0.15, 0.2) is 0 Å². The Labute approximate surface area is 196 Å².